The number of hydrogen-bond donors (Lipinski definition) is 3. The number of aromatic nitrogens is 1. The highest BCUT2D eigenvalue weighted by atomic mass is 16.5. The minimum Gasteiger partial charge on any atom is -0.494 e. The molecule has 29 heavy (non-hydrogen) atoms. The van der Waals surface area contributed by atoms with E-state index in [-0.39, 0.29) is 17.6 Å². The van der Waals surface area contributed by atoms with E-state index in [4.69, 9.17) is 9.15 Å². The van der Waals surface area contributed by atoms with Crippen LogP contribution >= 0.6 is 0 Å². The molecule has 0 radical (unpaired) electrons. The largest absolute Gasteiger partial charge is 0.494 e. The maximum Gasteiger partial charge on any atom is 0.291 e. The highest BCUT2D eigenvalue weighted by molar-refractivity contribution is 6.06. The molecule has 2 aromatic carbocycles. The molecule has 0 unspecified atom stereocenters. The van der Waals surface area contributed by atoms with Crippen molar-refractivity contribution < 1.29 is 18.7 Å². The Hall–Kier alpha value is -4.00. The number of fused-ring (bicyclic) bond motifs is 1. The molecule has 0 bridgehead atoms. The Kier molecular flexibility index (Phi) is 5.03. The molecule has 2 aromatic heterocycles. The van der Waals surface area contributed by atoms with Gasteiger partial charge in [-0.3, -0.25) is 9.59 Å². The van der Waals surface area contributed by atoms with Gasteiger partial charge in [-0.1, -0.05) is 0 Å². The number of furan rings is 1. The van der Waals surface area contributed by atoms with Crippen molar-refractivity contribution in [2.75, 3.05) is 17.2 Å². The average Bonchev–Trinajstić information content (AvgIpc) is 3.39. The van der Waals surface area contributed by atoms with Crippen molar-refractivity contribution in [1.29, 1.82) is 0 Å². The van der Waals surface area contributed by atoms with Crippen LogP contribution in [-0.2, 0) is 0 Å². The molecule has 7 nitrogen and oxygen atoms in total. The van der Waals surface area contributed by atoms with Gasteiger partial charge in [0.05, 0.1) is 12.9 Å². The number of rotatable bonds is 6. The fourth-order valence-electron chi connectivity index (χ4n) is 2.92. The molecule has 0 aliphatic heterocycles. The smallest absolute Gasteiger partial charge is 0.291 e. The molecule has 7 heteroatoms. The van der Waals surface area contributed by atoms with E-state index in [1.165, 1.54) is 6.26 Å². The normalized spacial score (nSPS) is 10.7. The number of carbonyl (C=O) groups excluding carboxylic acids is 2. The van der Waals surface area contributed by atoms with Gasteiger partial charge in [0.1, 0.15) is 11.4 Å². The molecule has 0 aliphatic carbocycles. The summed E-state index contributed by atoms with van der Waals surface area (Å²) in [6.07, 6.45) is 1.44. The first-order valence-electron chi connectivity index (χ1n) is 9.14. The van der Waals surface area contributed by atoms with Gasteiger partial charge in [-0.15, -0.1) is 0 Å². The number of hydrogen-bond acceptors (Lipinski definition) is 4. The maximum atomic E-state index is 12.6. The summed E-state index contributed by atoms with van der Waals surface area (Å²) >= 11 is 0. The highest BCUT2D eigenvalue weighted by Gasteiger charge is 2.12. The molecule has 4 aromatic rings. The lowest BCUT2D eigenvalue weighted by Crippen LogP contribution is -2.13. The van der Waals surface area contributed by atoms with E-state index < -0.39 is 0 Å². The summed E-state index contributed by atoms with van der Waals surface area (Å²) in [7, 11) is 0. The van der Waals surface area contributed by atoms with Crippen LogP contribution in [0.25, 0.3) is 10.9 Å². The van der Waals surface area contributed by atoms with E-state index in [2.05, 4.69) is 15.6 Å². The third-order valence-electron chi connectivity index (χ3n) is 4.30. The monoisotopic (exact) mass is 389 g/mol. The third-order valence-corrected chi connectivity index (χ3v) is 4.30. The minimum atomic E-state index is -0.337. The van der Waals surface area contributed by atoms with E-state index in [0.717, 1.165) is 16.7 Å². The lowest BCUT2D eigenvalue weighted by Gasteiger charge is -2.06. The van der Waals surface area contributed by atoms with Gasteiger partial charge in [-0.05, 0) is 61.5 Å². The van der Waals surface area contributed by atoms with E-state index in [9.17, 15) is 9.59 Å². The van der Waals surface area contributed by atoms with Crippen molar-refractivity contribution in [3.63, 3.8) is 0 Å². The van der Waals surface area contributed by atoms with Crippen LogP contribution in [0.2, 0.25) is 0 Å². The van der Waals surface area contributed by atoms with Crippen LogP contribution in [0.1, 0.15) is 28.0 Å². The summed E-state index contributed by atoms with van der Waals surface area (Å²) in [5.41, 5.74) is 2.49. The van der Waals surface area contributed by atoms with Gasteiger partial charge in [-0.2, -0.15) is 0 Å². The molecule has 0 atom stereocenters. The standard InChI is InChI=1S/C22H19N3O4/c1-2-28-17-10-5-14-12-19(25-18(14)13-17)21(26)23-15-6-8-16(9-7-15)24-22(27)20-4-3-11-29-20/h3-13,25H,2H2,1H3,(H,23,26)(H,24,27). The fourth-order valence-corrected chi connectivity index (χ4v) is 2.92. The molecular weight excluding hydrogens is 370 g/mol. The summed E-state index contributed by atoms with van der Waals surface area (Å²) < 4.78 is 10.5. The molecule has 0 aliphatic rings. The van der Waals surface area contributed by atoms with Gasteiger partial charge < -0.3 is 24.8 Å². The van der Waals surface area contributed by atoms with Crippen LogP contribution in [0.4, 0.5) is 11.4 Å². The summed E-state index contributed by atoms with van der Waals surface area (Å²) in [6, 6.07) is 17.5. The zero-order chi connectivity index (χ0) is 20.2. The van der Waals surface area contributed by atoms with E-state index in [0.29, 0.717) is 23.7 Å². The van der Waals surface area contributed by atoms with Gasteiger partial charge in [0.25, 0.3) is 11.8 Å². The number of aromatic amines is 1. The Morgan fingerprint density at radius 2 is 1.69 bits per heavy atom. The molecule has 146 valence electrons. The zero-order valence-corrected chi connectivity index (χ0v) is 15.7. The fraction of sp³-hybridized carbons (Fsp3) is 0.0909. The number of H-pyrrole nitrogens is 1. The number of anilines is 2. The average molecular weight is 389 g/mol. The quantitative estimate of drug-likeness (QED) is 0.447. The Balaban J connectivity index is 1.43. The van der Waals surface area contributed by atoms with Crippen molar-refractivity contribution in [2.24, 2.45) is 0 Å². The van der Waals surface area contributed by atoms with E-state index in [1.807, 2.05) is 25.1 Å². The van der Waals surface area contributed by atoms with Crippen LogP contribution in [0, 0.1) is 0 Å². The van der Waals surface area contributed by atoms with Gasteiger partial charge in [0.15, 0.2) is 5.76 Å². The summed E-state index contributed by atoms with van der Waals surface area (Å²) in [4.78, 5) is 27.7. The number of ether oxygens (including phenoxy) is 1. The van der Waals surface area contributed by atoms with Crippen LogP contribution in [0.5, 0.6) is 5.75 Å². The van der Waals surface area contributed by atoms with Gasteiger partial charge in [-0.25, -0.2) is 0 Å². The second-order valence-corrected chi connectivity index (χ2v) is 6.33. The summed E-state index contributed by atoms with van der Waals surface area (Å²) in [5, 5.41) is 6.49. The number of nitrogens with one attached hydrogen (secondary N) is 3. The van der Waals surface area contributed by atoms with Crippen molar-refractivity contribution in [3.05, 3.63) is 78.4 Å². The molecule has 0 fully saturated rings. The van der Waals surface area contributed by atoms with E-state index in [1.54, 1.807) is 42.5 Å². The van der Waals surface area contributed by atoms with Crippen LogP contribution in [0.3, 0.4) is 0 Å². The predicted molar refractivity (Wildman–Crippen MR) is 111 cm³/mol. The van der Waals surface area contributed by atoms with Crippen molar-refractivity contribution in [1.82, 2.24) is 4.98 Å². The van der Waals surface area contributed by atoms with Crippen molar-refractivity contribution in [3.8, 4) is 5.75 Å². The van der Waals surface area contributed by atoms with Crippen LogP contribution in [-0.4, -0.2) is 23.4 Å². The van der Waals surface area contributed by atoms with Crippen LogP contribution in [0.15, 0.2) is 71.3 Å². The van der Waals surface area contributed by atoms with Crippen LogP contribution < -0.4 is 15.4 Å². The molecule has 4 rings (SSSR count). The second kappa shape index (κ2) is 7.93. The molecule has 2 amide bonds. The lowest BCUT2D eigenvalue weighted by molar-refractivity contribution is 0.0994. The summed E-state index contributed by atoms with van der Waals surface area (Å²) in [6.45, 7) is 2.50. The first-order valence-corrected chi connectivity index (χ1v) is 9.14. The van der Waals surface area contributed by atoms with Crippen molar-refractivity contribution in [2.45, 2.75) is 6.92 Å². The molecule has 0 saturated carbocycles. The second-order valence-electron chi connectivity index (χ2n) is 6.33. The zero-order valence-electron chi connectivity index (χ0n) is 15.7. The first-order chi connectivity index (χ1) is 14.1. The van der Waals surface area contributed by atoms with Gasteiger partial charge >= 0.3 is 0 Å². The van der Waals surface area contributed by atoms with Gasteiger partial charge in [0.2, 0.25) is 0 Å². The Morgan fingerprint density at radius 3 is 2.34 bits per heavy atom. The lowest BCUT2D eigenvalue weighted by atomic mass is 10.2. The topological polar surface area (TPSA) is 96.4 Å². The highest BCUT2D eigenvalue weighted by Crippen LogP contribution is 2.22. The molecular formula is C22H19N3O4. The third kappa shape index (κ3) is 4.14. The Labute approximate surface area is 166 Å². The molecule has 0 spiro atoms. The Morgan fingerprint density at radius 1 is 0.966 bits per heavy atom. The number of carbonyl (C=O) groups is 2. The maximum absolute atomic E-state index is 12.6. The van der Waals surface area contributed by atoms with Gasteiger partial charge in [0, 0.05) is 28.3 Å². The first kappa shape index (κ1) is 18.4. The summed E-state index contributed by atoms with van der Waals surface area (Å²) in [5.74, 6) is 0.387. The molecule has 3 N–H and O–H groups in total. The molecule has 2 heterocycles. The number of benzene rings is 2. The SMILES string of the molecule is CCOc1ccc2cc(C(=O)Nc3ccc(NC(=O)c4ccco4)cc3)[nH]c2c1. The minimum absolute atomic E-state index is 0.230. The van der Waals surface area contributed by atoms with Crippen molar-refractivity contribution >= 4 is 34.1 Å². The molecule has 0 saturated heterocycles. The Bertz CT molecular complexity index is 1140. The number of amides is 2. The predicted octanol–water partition coefficient (Wildman–Crippen LogP) is 4.66. The van der Waals surface area contributed by atoms with E-state index >= 15 is 0 Å².